The summed E-state index contributed by atoms with van der Waals surface area (Å²) >= 11 is 0. The molecule has 1 saturated carbocycles. The number of fused-ring (bicyclic) bond motifs is 3. The first-order valence-electron chi connectivity index (χ1n) is 9.74. The van der Waals surface area contributed by atoms with Gasteiger partial charge in [-0.1, -0.05) is 26.0 Å². The standard InChI is InChI=1S/C21H28O8/c1-8(2)19(24)29-18-16(23)14-10(4)20(25)28-17(14)13-9(3)7-12(27-11(5)22)15(13)21(18,6)26/h7-8,12-18,23,26H,4H2,1-3,5-6H3/t12-,13+,14-,15-,16-,17-,18-,21+/m1/s1. The molecule has 1 saturated heterocycles. The van der Waals surface area contributed by atoms with Crippen LogP contribution in [0.25, 0.3) is 0 Å². The molecule has 2 aliphatic carbocycles. The monoisotopic (exact) mass is 408 g/mol. The molecule has 0 aromatic rings. The first-order chi connectivity index (χ1) is 13.4. The normalized spacial score (nSPS) is 41.2. The molecule has 0 spiro atoms. The Labute approximate surface area is 169 Å². The summed E-state index contributed by atoms with van der Waals surface area (Å²) in [6.07, 6.45) is -2.74. The van der Waals surface area contributed by atoms with Crippen LogP contribution < -0.4 is 0 Å². The van der Waals surface area contributed by atoms with Crippen LogP contribution in [-0.4, -0.2) is 58.1 Å². The Bertz CT molecular complexity index is 780. The highest BCUT2D eigenvalue weighted by Crippen LogP contribution is 2.53. The van der Waals surface area contributed by atoms with Gasteiger partial charge in [0.2, 0.25) is 0 Å². The maximum absolute atomic E-state index is 12.3. The SMILES string of the molecule is C=C1C(=O)O[C@H]2[C@H]1[C@@H](O)[C@@H](OC(=O)C(C)C)[C@@](C)(O)[C@H]1[C@@H]2C(C)=C[C@H]1OC(C)=O. The Morgan fingerprint density at radius 1 is 1.28 bits per heavy atom. The topological polar surface area (TPSA) is 119 Å². The van der Waals surface area contributed by atoms with Crippen LogP contribution in [0.1, 0.15) is 34.6 Å². The Hall–Kier alpha value is -2.19. The summed E-state index contributed by atoms with van der Waals surface area (Å²) in [5.74, 6) is -4.48. The average Bonchev–Trinajstić information content (AvgIpc) is 3.05. The van der Waals surface area contributed by atoms with Crippen LogP contribution in [-0.2, 0) is 28.6 Å². The molecule has 8 heteroatoms. The molecule has 2 N–H and O–H groups in total. The largest absolute Gasteiger partial charge is 0.458 e. The van der Waals surface area contributed by atoms with Crippen molar-refractivity contribution in [3.8, 4) is 0 Å². The van der Waals surface area contributed by atoms with Crippen LogP contribution in [0.15, 0.2) is 23.8 Å². The lowest BCUT2D eigenvalue weighted by molar-refractivity contribution is -0.199. The maximum atomic E-state index is 12.3. The van der Waals surface area contributed by atoms with E-state index in [4.69, 9.17) is 14.2 Å². The third kappa shape index (κ3) is 3.38. The fourth-order valence-electron chi connectivity index (χ4n) is 4.90. The Morgan fingerprint density at radius 3 is 2.45 bits per heavy atom. The molecule has 1 heterocycles. The number of rotatable bonds is 3. The smallest absolute Gasteiger partial charge is 0.334 e. The van der Waals surface area contributed by atoms with Gasteiger partial charge >= 0.3 is 17.9 Å². The Balaban J connectivity index is 2.13. The zero-order valence-electron chi connectivity index (χ0n) is 17.2. The predicted molar refractivity (Wildman–Crippen MR) is 100 cm³/mol. The number of ether oxygens (including phenoxy) is 3. The maximum Gasteiger partial charge on any atom is 0.334 e. The van der Waals surface area contributed by atoms with Crippen LogP contribution in [0, 0.1) is 23.7 Å². The molecule has 29 heavy (non-hydrogen) atoms. The molecule has 1 aliphatic heterocycles. The van der Waals surface area contributed by atoms with Gasteiger partial charge in [0.1, 0.15) is 23.9 Å². The van der Waals surface area contributed by atoms with Gasteiger partial charge in [-0.3, -0.25) is 9.59 Å². The van der Waals surface area contributed by atoms with Gasteiger partial charge in [-0.15, -0.1) is 0 Å². The van der Waals surface area contributed by atoms with Gasteiger partial charge in [-0.2, -0.15) is 0 Å². The van der Waals surface area contributed by atoms with Gasteiger partial charge < -0.3 is 24.4 Å². The molecule has 8 nitrogen and oxygen atoms in total. The minimum atomic E-state index is -1.78. The number of hydrogen-bond acceptors (Lipinski definition) is 8. The van der Waals surface area contributed by atoms with Gasteiger partial charge in [-0.05, 0) is 19.9 Å². The summed E-state index contributed by atoms with van der Waals surface area (Å²) in [6.45, 7) is 11.5. The lowest BCUT2D eigenvalue weighted by Crippen LogP contribution is -2.57. The summed E-state index contributed by atoms with van der Waals surface area (Å²) < 4.78 is 16.5. The van der Waals surface area contributed by atoms with Crippen molar-refractivity contribution in [3.05, 3.63) is 23.8 Å². The summed E-state index contributed by atoms with van der Waals surface area (Å²) in [4.78, 5) is 36.2. The zero-order chi connectivity index (χ0) is 21.8. The molecular weight excluding hydrogens is 380 g/mol. The van der Waals surface area contributed by atoms with Crippen molar-refractivity contribution in [2.45, 2.75) is 64.6 Å². The minimum absolute atomic E-state index is 0.0632. The van der Waals surface area contributed by atoms with E-state index in [-0.39, 0.29) is 5.57 Å². The summed E-state index contributed by atoms with van der Waals surface area (Å²) in [5, 5.41) is 22.7. The molecule has 0 unspecified atom stereocenters. The Morgan fingerprint density at radius 2 is 1.90 bits per heavy atom. The molecule has 0 bridgehead atoms. The fraction of sp³-hybridized carbons (Fsp3) is 0.667. The van der Waals surface area contributed by atoms with Crippen molar-refractivity contribution in [2.75, 3.05) is 0 Å². The highest BCUT2D eigenvalue weighted by Gasteiger charge is 2.65. The van der Waals surface area contributed by atoms with E-state index >= 15 is 0 Å². The highest BCUT2D eigenvalue weighted by molar-refractivity contribution is 5.91. The number of aliphatic hydroxyl groups is 2. The van der Waals surface area contributed by atoms with Crippen LogP contribution in [0.3, 0.4) is 0 Å². The third-order valence-electron chi connectivity index (χ3n) is 6.25. The number of esters is 3. The molecule has 0 radical (unpaired) electrons. The molecule has 3 aliphatic rings. The molecule has 0 aromatic heterocycles. The first kappa shape index (κ1) is 21.5. The van der Waals surface area contributed by atoms with E-state index in [1.807, 2.05) is 0 Å². The van der Waals surface area contributed by atoms with Gasteiger partial charge in [0, 0.05) is 24.3 Å². The third-order valence-corrected chi connectivity index (χ3v) is 6.25. The van der Waals surface area contributed by atoms with Crippen LogP contribution in [0.2, 0.25) is 0 Å². The van der Waals surface area contributed by atoms with Crippen molar-refractivity contribution < 1.29 is 38.8 Å². The van der Waals surface area contributed by atoms with Gasteiger partial charge in [-0.25, -0.2) is 4.79 Å². The van der Waals surface area contributed by atoms with E-state index in [1.165, 1.54) is 13.8 Å². The summed E-state index contributed by atoms with van der Waals surface area (Å²) in [6, 6.07) is 0. The van der Waals surface area contributed by atoms with Gasteiger partial charge in [0.25, 0.3) is 0 Å². The van der Waals surface area contributed by atoms with E-state index < -0.39 is 71.6 Å². The van der Waals surface area contributed by atoms with E-state index in [1.54, 1.807) is 26.8 Å². The van der Waals surface area contributed by atoms with Crippen molar-refractivity contribution in [2.24, 2.45) is 23.7 Å². The Kier molecular flexibility index (Phi) is 5.38. The lowest BCUT2D eigenvalue weighted by Gasteiger charge is -2.41. The molecule has 0 aromatic carbocycles. The van der Waals surface area contributed by atoms with Crippen molar-refractivity contribution in [3.63, 3.8) is 0 Å². The average molecular weight is 408 g/mol. The molecule has 8 atom stereocenters. The van der Waals surface area contributed by atoms with Crippen molar-refractivity contribution in [1.29, 1.82) is 0 Å². The number of hydrogen-bond donors (Lipinski definition) is 2. The number of carbonyl (C=O) groups is 3. The van der Waals surface area contributed by atoms with E-state index in [9.17, 15) is 24.6 Å². The zero-order valence-corrected chi connectivity index (χ0v) is 17.2. The van der Waals surface area contributed by atoms with E-state index in [0.717, 1.165) is 5.57 Å². The fourth-order valence-corrected chi connectivity index (χ4v) is 4.90. The predicted octanol–water partition coefficient (Wildman–Crippen LogP) is 0.901. The molecule has 160 valence electrons. The number of aliphatic hydroxyl groups excluding tert-OH is 1. The molecular formula is C21H28O8. The van der Waals surface area contributed by atoms with Crippen molar-refractivity contribution >= 4 is 17.9 Å². The quantitative estimate of drug-likeness (QED) is 0.306. The summed E-state index contributed by atoms with van der Waals surface area (Å²) in [7, 11) is 0. The first-order valence-corrected chi connectivity index (χ1v) is 9.74. The van der Waals surface area contributed by atoms with Crippen LogP contribution in [0.5, 0.6) is 0 Å². The molecule has 0 amide bonds. The van der Waals surface area contributed by atoms with Gasteiger partial charge in [0.15, 0.2) is 6.10 Å². The minimum Gasteiger partial charge on any atom is -0.458 e. The van der Waals surface area contributed by atoms with E-state index in [2.05, 4.69) is 6.58 Å². The highest BCUT2D eigenvalue weighted by atomic mass is 16.6. The summed E-state index contributed by atoms with van der Waals surface area (Å²) in [5.41, 5.74) is -0.963. The second kappa shape index (κ2) is 7.25. The van der Waals surface area contributed by atoms with Gasteiger partial charge in [0.05, 0.1) is 11.8 Å². The second-order valence-electron chi connectivity index (χ2n) is 8.69. The molecule has 3 rings (SSSR count). The van der Waals surface area contributed by atoms with Crippen LogP contribution >= 0.6 is 0 Å². The number of carbonyl (C=O) groups excluding carboxylic acids is 3. The van der Waals surface area contributed by atoms with Crippen molar-refractivity contribution in [1.82, 2.24) is 0 Å². The second-order valence-corrected chi connectivity index (χ2v) is 8.69. The molecule has 2 fully saturated rings. The lowest BCUT2D eigenvalue weighted by atomic mass is 9.74. The van der Waals surface area contributed by atoms with Crippen LogP contribution in [0.4, 0.5) is 0 Å². The van der Waals surface area contributed by atoms with E-state index in [0.29, 0.717) is 0 Å².